The molecule has 0 unspecified atom stereocenters. The Bertz CT molecular complexity index is 3710. The molecular formula is C59H47N5. The van der Waals surface area contributed by atoms with Crippen molar-refractivity contribution in [2.75, 3.05) is 9.80 Å². The second-order valence-electron chi connectivity index (χ2n) is 16.7. The van der Waals surface area contributed by atoms with Crippen molar-refractivity contribution in [3.63, 3.8) is 0 Å². The fourth-order valence-electron chi connectivity index (χ4n) is 10.6. The van der Waals surface area contributed by atoms with Crippen LogP contribution in [0.3, 0.4) is 0 Å². The van der Waals surface area contributed by atoms with Gasteiger partial charge in [-0.3, -0.25) is 0 Å². The first-order chi connectivity index (χ1) is 31.6. The first-order valence-corrected chi connectivity index (χ1v) is 22.5. The van der Waals surface area contributed by atoms with E-state index in [1.807, 2.05) is 0 Å². The van der Waals surface area contributed by atoms with Gasteiger partial charge >= 0.3 is 0 Å². The normalized spacial score (nSPS) is 11.8. The zero-order chi connectivity index (χ0) is 42.9. The van der Waals surface area contributed by atoms with Gasteiger partial charge in [-0.1, -0.05) is 91.0 Å². The van der Waals surface area contributed by atoms with Gasteiger partial charge in [-0.25, -0.2) is 0 Å². The standard InChI is InChI=1S/C59H47N5/c1-4-60-53-27-17-15-25-47(53)49-37-44(29-32-55(49)60)62(41-19-9-6-10-20-41)45-30-33-56-50(38-45)51-39-46(31-34-57(51)64(56)43-23-13-8-14-24-43)63(42-21-11-7-12-22-42)52-35-36-58-59(40(52)3)48-26-16-18-28-54(48)61(58)5-2/h6-39H,4-5H2,1-3H3. The van der Waals surface area contributed by atoms with Crippen LogP contribution in [0.1, 0.15) is 19.4 Å². The van der Waals surface area contributed by atoms with Gasteiger partial charge in [-0.2, -0.15) is 0 Å². The second-order valence-corrected chi connectivity index (χ2v) is 16.7. The predicted octanol–water partition coefficient (Wildman–Crippen LogP) is 16.3. The van der Waals surface area contributed by atoms with Crippen LogP contribution in [0.5, 0.6) is 0 Å². The molecule has 0 atom stereocenters. The topological polar surface area (TPSA) is 21.3 Å². The van der Waals surface area contributed by atoms with Crippen molar-refractivity contribution in [1.82, 2.24) is 13.7 Å². The maximum absolute atomic E-state index is 2.44. The van der Waals surface area contributed by atoms with Crippen molar-refractivity contribution in [1.29, 1.82) is 0 Å². The lowest BCUT2D eigenvalue weighted by Gasteiger charge is -2.28. The van der Waals surface area contributed by atoms with Crippen LogP contribution in [-0.2, 0) is 13.1 Å². The number of hydrogen-bond donors (Lipinski definition) is 0. The van der Waals surface area contributed by atoms with E-state index in [1.165, 1.54) is 65.6 Å². The van der Waals surface area contributed by atoms with E-state index in [1.54, 1.807) is 0 Å². The van der Waals surface area contributed by atoms with Crippen molar-refractivity contribution < 1.29 is 0 Å². The van der Waals surface area contributed by atoms with Crippen molar-refractivity contribution in [2.24, 2.45) is 0 Å². The summed E-state index contributed by atoms with van der Waals surface area (Å²) in [6, 6.07) is 75.6. The first-order valence-electron chi connectivity index (χ1n) is 22.5. The van der Waals surface area contributed by atoms with Crippen LogP contribution in [0.25, 0.3) is 71.1 Å². The molecule has 308 valence electrons. The van der Waals surface area contributed by atoms with Gasteiger partial charge < -0.3 is 23.5 Å². The summed E-state index contributed by atoms with van der Waals surface area (Å²) < 4.78 is 7.28. The molecule has 0 amide bonds. The zero-order valence-corrected chi connectivity index (χ0v) is 36.3. The highest BCUT2D eigenvalue weighted by Crippen LogP contribution is 2.46. The number of benzene rings is 9. The van der Waals surface area contributed by atoms with Gasteiger partial charge in [0, 0.05) is 107 Å². The summed E-state index contributed by atoms with van der Waals surface area (Å²) in [5.41, 5.74) is 16.5. The molecule has 0 aliphatic carbocycles. The summed E-state index contributed by atoms with van der Waals surface area (Å²) in [6.45, 7) is 8.58. The Labute approximate surface area is 372 Å². The van der Waals surface area contributed by atoms with E-state index >= 15 is 0 Å². The largest absolute Gasteiger partial charge is 0.341 e. The van der Waals surface area contributed by atoms with Gasteiger partial charge in [0.2, 0.25) is 0 Å². The number of fused-ring (bicyclic) bond motifs is 9. The van der Waals surface area contributed by atoms with E-state index in [2.05, 4.69) is 251 Å². The average Bonchev–Trinajstić information content (AvgIpc) is 3.98. The molecule has 3 heterocycles. The minimum atomic E-state index is 0.912. The van der Waals surface area contributed by atoms with E-state index in [-0.39, 0.29) is 0 Å². The molecule has 0 aliphatic heterocycles. The lowest BCUT2D eigenvalue weighted by atomic mass is 10.0. The number of aryl methyl sites for hydroxylation is 3. The van der Waals surface area contributed by atoms with Crippen molar-refractivity contribution in [3.05, 3.63) is 212 Å². The van der Waals surface area contributed by atoms with Crippen LogP contribution in [0.2, 0.25) is 0 Å². The molecule has 0 spiro atoms. The molecule has 12 rings (SSSR count). The molecule has 3 aromatic heterocycles. The molecule has 0 saturated heterocycles. The number of nitrogens with zero attached hydrogens (tertiary/aromatic N) is 5. The number of rotatable bonds is 9. The van der Waals surface area contributed by atoms with Gasteiger partial charge in [0.15, 0.2) is 0 Å². The van der Waals surface area contributed by atoms with Gasteiger partial charge in [0.1, 0.15) is 0 Å². The Morgan fingerprint density at radius 1 is 0.344 bits per heavy atom. The Morgan fingerprint density at radius 2 is 0.766 bits per heavy atom. The minimum Gasteiger partial charge on any atom is -0.341 e. The number of hydrogen-bond acceptors (Lipinski definition) is 2. The van der Waals surface area contributed by atoms with Crippen LogP contribution in [0, 0.1) is 6.92 Å². The van der Waals surface area contributed by atoms with Crippen molar-refractivity contribution >= 4 is 99.5 Å². The van der Waals surface area contributed by atoms with E-state index in [9.17, 15) is 0 Å². The quantitative estimate of drug-likeness (QED) is 0.145. The highest BCUT2D eigenvalue weighted by atomic mass is 15.2. The summed E-state index contributed by atoms with van der Waals surface area (Å²) in [6.07, 6.45) is 0. The van der Waals surface area contributed by atoms with E-state index in [4.69, 9.17) is 0 Å². The van der Waals surface area contributed by atoms with Crippen molar-refractivity contribution in [3.8, 4) is 5.69 Å². The number of anilines is 6. The summed E-state index contributed by atoms with van der Waals surface area (Å²) >= 11 is 0. The van der Waals surface area contributed by atoms with E-state index < -0.39 is 0 Å². The lowest BCUT2D eigenvalue weighted by Crippen LogP contribution is -2.11. The maximum Gasteiger partial charge on any atom is 0.0542 e. The summed E-state index contributed by atoms with van der Waals surface area (Å²) in [5.74, 6) is 0. The second kappa shape index (κ2) is 15.1. The van der Waals surface area contributed by atoms with Crippen LogP contribution >= 0.6 is 0 Å². The van der Waals surface area contributed by atoms with Gasteiger partial charge in [0.25, 0.3) is 0 Å². The highest BCUT2D eigenvalue weighted by molar-refractivity contribution is 6.14. The molecule has 0 aliphatic rings. The Hall–Kier alpha value is -8.02. The number of para-hydroxylation sites is 5. The lowest BCUT2D eigenvalue weighted by molar-refractivity contribution is 0.827. The molecule has 0 fully saturated rings. The molecule has 9 aromatic carbocycles. The molecule has 5 heteroatoms. The fraction of sp³-hybridized carbons (Fsp3) is 0.0847. The van der Waals surface area contributed by atoms with Gasteiger partial charge in [-0.15, -0.1) is 0 Å². The predicted molar refractivity (Wildman–Crippen MR) is 272 cm³/mol. The Morgan fingerprint density at radius 3 is 1.36 bits per heavy atom. The molecule has 5 nitrogen and oxygen atoms in total. The molecular weight excluding hydrogens is 779 g/mol. The number of aromatic nitrogens is 3. The molecule has 0 radical (unpaired) electrons. The third-order valence-electron chi connectivity index (χ3n) is 13.3. The molecule has 0 N–H and O–H groups in total. The molecule has 64 heavy (non-hydrogen) atoms. The van der Waals surface area contributed by atoms with Crippen molar-refractivity contribution in [2.45, 2.75) is 33.9 Å². The van der Waals surface area contributed by atoms with Crippen LogP contribution in [0.15, 0.2) is 206 Å². The zero-order valence-electron chi connectivity index (χ0n) is 36.3. The molecule has 12 aromatic rings. The summed E-state index contributed by atoms with van der Waals surface area (Å²) in [5, 5.41) is 7.51. The minimum absolute atomic E-state index is 0.912. The first kappa shape index (κ1) is 37.7. The fourth-order valence-corrected chi connectivity index (χ4v) is 10.6. The summed E-state index contributed by atoms with van der Waals surface area (Å²) in [7, 11) is 0. The monoisotopic (exact) mass is 825 g/mol. The smallest absolute Gasteiger partial charge is 0.0542 e. The van der Waals surface area contributed by atoms with E-state index in [0.29, 0.717) is 0 Å². The maximum atomic E-state index is 2.44. The van der Waals surface area contributed by atoms with Crippen LogP contribution in [0.4, 0.5) is 34.1 Å². The van der Waals surface area contributed by atoms with Gasteiger partial charge in [0.05, 0.1) is 11.0 Å². The third kappa shape index (κ3) is 5.77. The Balaban J connectivity index is 1.10. The van der Waals surface area contributed by atoms with Gasteiger partial charge in [-0.05, 0) is 142 Å². The van der Waals surface area contributed by atoms with E-state index in [0.717, 1.165) is 58.2 Å². The molecule has 0 bridgehead atoms. The Kier molecular flexibility index (Phi) is 8.90. The summed E-state index contributed by atoms with van der Waals surface area (Å²) in [4.78, 5) is 4.86. The van der Waals surface area contributed by atoms with Crippen LogP contribution in [-0.4, -0.2) is 13.7 Å². The highest BCUT2D eigenvalue weighted by Gasteiger charge is 2.23. The SMILES string of the molecule is CCn1c2ccccc2c2cc(N(c3ccccc3)c3ccc4c(c3)c3cc(N(c5ccccc5)c5ccc6c(c5C)c5ccccc5n6CC)ccc3n4-c3ccccc3)ccc21. The molecule has 0 saturated carbocycles. The van der Waals surface area contributed by atoms with Crippen LogP contribution < -0.4 is 9.80 Å². The third-order valence-corrected chi connectivity index (χ3v) is 13.3. The average molecular weight is 826 g/mol.